The maximum Gasteiger partial charge on any atom is 0.273 e. The summed E-state index contributed by atoms with van der Waals surface area (Å²) in [6.07, 6.45) is 7.50. The molecule has 1 aromatic heterocycles. The molecule has 0 bridgehead atoms. The van der Waals surface area contributed by atoms with Gasteiger partial charge >= 0.3 is 0 Å². The summed E-state index contributed by atoms with van der Waals surface area (Å²) in [6, 6.07) is 6.46. The van der Waals surface area contributed by atoms with Crippen molar-refractivity contribution in [3.05, 3.63) is 41.2 Å². The van der Waals surface area contributed by atoms with E-state index in [0.717, 1.165) is 18.5 Å². The van der Waals surface area contributed by atoms with Crippen LogP contribution in [0.25, 0.3) is 5.69 Å². The lowest BCUT2D eigenvalue weighted by molar-refractivity contribution is 0.0922. The topological polar surface area (TPSA) is 59.8 Å². The Morgan fingerprint density at radius 2 is 1.82 bits per heavy atom. The van der Waals surface area contributed by atoms with Gasteiger partial charge in [0.1, 0.15) is 0 Å². The predicted molar refractivity (Wildman–Crippen MR) is 85.2 cm³/mol. The summed E-state index contributed by atoms with van der Waals surface area (Å²) in [5, 5.41) is 11.2. The average molecular weight is 298 g/mol. The molecule has 1 aliphatic rings. The lowest BCUT2D eigenvalue weighted by atomic mass is 9.95. The van der Waals surface area contributed by atoms with E-state index in [2.05, 4.69) is 21.7 Å². The number of nitrogens with zero attached hydrogens (tertiary/aromatic N) is 3. The first-order chi connectivity index (χ1) is 10.6. The summed E-state index contributed by atoms with van der Waals surface area (Å²) in [6.45, 7) is 4.09. The van der Waals surface area contributed by atoms with Crippen LogP contribution in [-0.2, 0) is 0 Å². The number of aromatic nitrogens is 3. The predicted octanol–water partition coefficient (Wildman–Crippen LogP) is 2.95. The first-order valence-corrected chi connectivity index (χ1v) is 7.94. The molecule has 1 aromatic carbocycles. The van der Waals surface area contributed by atoms with Gasteiger partial charge < -0.3 is 5.32 Å². The van der Waals surface area contributed by atoms with E-state index >= 15 is 0 Å². The number of nitrogens with one attached hydrogen (secondary N) is 1. The van der Waals surface area contributed by atoms with Crippen molar-refractivity contribution >= 4 is 5.91 Å². The molecular weight excluding hydrogens is 276 g/mol. The lowest BCUT2D eigenvalue weighted by Gasteiger charge is -2.22. The number of carbonyl (C=O) groups excluding carboxylic acids is 1. The van der Waals surface area contributed by atoms with E-state index in [0.29, 0.717) is 5.69 Å². The molecule has 2 aromatic rings. The van der Waals surface area contributed by atoms with Crippen molar-refractivity contribution in [2.75, 3.05) is 0 Å². The number of hydrogen-bond acceptors (Lipinski definition) is 3. The molecule has 1 heterocycles. The van der Waals surface area contributed by atoms with Crippen LogP contribution in [0.2, 0.25) is 0 Å². The smallest absolute Gasteiger partial charge is 0.273 e. The van der Waals surface area contributed by atoms with Gasteiger partial charge in [-0.15, -0.1) is 5.10 Å². The highest BCUT2D eigenvalue weighted by molar-refractivity contribution is 5.92. The molecule has 5 nitrogen and oxygen atoms in total. The lowest BCUT2D eigenvalue weighted by Crippen LogP contribution is -2.36. The van der Waals surface area contributed by atoms with Crippen LogP contribution in [0.4, 0.5) is 0 Å². The van der Waals surface area contributed by atoms with Gasteiger partial charge in [-0.1, -0.05) is 30.5 Å². The van der Waals surface area contributed by atoms with Crippen molar-refractivity contribution in [3.8, 4) is 5.69 Å². The second-order valence-corrected chi connectivity index (χ2v) is 6.20. The van der Waals surface area contributed by atoms with Gasteiger partial charge in [0.15, 0.2) is 5.69 Å². The third-order valence-electron chi connectivity index (χ3n) is 4.14. The van der Waals surface area contributed by atoms with Crippen LogP contribution >= 0.6 is 0 Å². The normalized spacial score (nSPS) is 15.7. The number of hydrogen-bond donors (Lipinski definition) is 1. The van der Waals surface area contributed by atoms with Gasteiger partial charge in [0.05, 0.1) is 11.9 Å². The Labute approximate surface area is 130 Å². The van der Waals surface area contributed by atoms with Crippen LogP contribution in [-0.4, -0.2) is 26.9 Å². The molecule has 22 heavy (non-hydrogen) atoms. The van der Waals surface area contributed by atoms with Crippen LogP contribution in [0.15, 0.2) is 24.4 Å². The monoisotopic (exact) mass is 298 g/mol. The van der Waals surface area contributed by atoms with Gasteiger partial charge in [-0.05, 0) is 49.9 Å². The molecule has 0 saturated heterocycles. The summed E-state index contributed by atoms with van der Waals surface area (Å²) >= 11 is 0. The van der Waals surface area contributed by atoms with Gasteiger partial charge in [0, 0.05) is 6.04 Å². The second kappa shape index (κ2) is 6.30. The molecular formula is C17H22N4O. The second-order valence-electron chi connectivity index (χ2n) is 6.20. The highest BCUT2D eigenvalue weighted by atomic mass is 16.2. The summed E-state index contributed by atoms with van der Waals surface area (Å²) < 4.78 is 1.66. The third-order valence-corrected chi connectivity index (χ3v) is 4.14. The van der Waals surface area contributed by atoms with E-state index in [1.807, 2.05) is 26.0 Å². The van der Waals surface area contributed by atoms with Crippen molar-refractivity contribution in [3.63, 3.8) is 0 Å². The van der Waals surface area contributed by atoms with Crippen LogP contribution in [0.5, 0.6) is 0 Å². The SMILES string of the molecule is Cc1cc(C)cc(-n2cc(C(=O)NC3CCCCC3)nn2)c1. The molecule has 116 valence electrons. The van der Waals surface area contributed by atoms with Gasteiger partial charge in [0.2, 0.25) is 0 Å². The molecule has 3 rings (SSSR count). The van der Waals surface area contributed by atoms with Crippen molar-refractivity contribution in [2.45, 2.75) is 52.0 Å². The van der Waals surface area contributed by atoms with E-state index in [1.54, 1.807) is 10.9 Å². The van der Waals surface area contributed by atoms with Crippen molar-refractivity contribution < 1.29 is 4.79 Å². The van der Waals surface area contributed by atoms with Crippen LogP contribution in [0.3, 0.4) is 0 Å². The zero-order valence-electron chi connectivity index (χ0n) is 13.2. The number of aryl methyl sites for hydroxylation is 2. The minimum Gasteiger partial charge on any atom is -0.348 e. The average Bonchev–Trinajstić information content (AvgIpc) is 2.97. The molecule has 1 aliphatic carbocycles. The van der Waals surface area contributed by atoms with Crippen molar-refractivity contribution in [1.29, 1.82) is 0 Å². The third kappa shape index (κ3) is 3.35. The number of amides is 1. The number of carbonyl (C=O) groups is 1. The van der Waals surface area contributed by atoms with Crippen LogP contribution < -0.4 is 5.32 Å². The molecule has 1 saturated carbocycles. The number of rotatable bonds is 3. The summed E-state index contributed by atoms with van der Waals surface area (Å²) in [5.74, 6) is -0.123. The molecule has 1 amide bonds. The van der Waals surface area contributed by atoms with Crippen LogP contribution in [0.1, 0.15) is 53.7 Å². The fraction of sp³-hybridized carbons (Fsp3) is 0.471. The van der Waals surface area contributed by atoms with Gasteiger partial charge in [-0.25, -0.2) is 4.68 Å². The van der Waals surface area contributed by atoms with E-state index in [1.165, 1.54) is 30.4 Å². The highest BCUT2D eigenvalue weighted by Crippen LogP contribution is 2.18. The van der Waals surface area contributed by atoms with E-state index in [-0.39, 0.29) is 11.9 Å². The Morgan fingerprint density at radius 1 is 1.14 bits per heavy atom. The Kier molecular flexibility index (Phi) is 4.22. The van der Waals surface area contributed by atoms with Crippen LogP contribution in [0, 0.1) is 13.8 Å². The summed E-state index contributed by atoms with van der Waals surface area (Å²) in [4.78, 5) is 12.3. The van der Waals surface area contributed by atoms with Gasteiger partial charge in [-0.3, -0.25) is 4.79 Å². The Morgan fingerprint density at radius 3 is 2.50 bits per heavy atom. The quantitative estimate of drug-likeness (QED) is 0.947. The van der Waals surface area contributed by atoms with Crippen molar-refractivity contribution in [2.24, 2.45) is 0 Å². The fourth-order valence-corrected chi connectivity index (χ4v) is 3.08. The minimum absolute atomic E-state index is 0.123. The molecule has 0 atom stereocenters. The molecule has 0 radical (unpaired) electrons. The van der Waals surface area contributed by atoms with E-state index in [4.69, 9.17) is 0 Å². The Bertz CT molecular complexity index is 651. The summed E-state index contributed by atoms with van der Waals surface area (Å²) in [7, 11) is 0. The first kappa shape index (κ1) is 14.8. The Balaban J connectivity index is 1.73. The Hall–Kier alpha value is -2.17. The van der Waals surface area contributed by atoms with E-state index in [9.17, 15) is 4.79 Å². The molecule has 5 heteroatoms. The zero-order chi connectivity index (χ0) is 15.5. The first-order valence-electron chi connectivity index (χ1n) is 7.94. The molecule has 0 unspecified atom stereocenters. The maximum atomic E-state index is 12.3. The molecule has 1 N–H and O–H groups in total. The maximum absolute atomic E-state index is 12.3. The molecule has 1 fully saturated rings. The number of benzene rings is 1. The molecule has 0 aliphatic heterocycles. The van der Waals surface area contributed by atoms with Gasteiger partial charge in [0.25, 0.3) is 5.91 Å². The zero-order valence-corrected chi connectivity index (χ0v) is 13.2. The highest BCUT2D eigenvalue weighted by Gasteiger charge is 2.18. The van der Waals surface area contributed by atoms with Crippen molar-refractivity contribution in [1.82, 2.24) is 20.3 Å². The largest absolute Gasteiger partial charge is 0.348 e. The minimum atomic E-state index is -0.123. The van der Waals surface area contributed by atoms with Gasteiger partial charge in [-0.2, -0.15) is 0 Å². The molecule has 0 spiro atoms. The summed E-state index contributed by atoms with van der Waals surface area (Å²) in [5.41, 5.74) is 3.64. The van der Waals surface area contributed by atoms with E-state index < -0.39 is 0 Å². The standard InChI is InChI=1S/C17H22N4O/c1-12-8-13(2)10-15(9-12)21-11-16(19-20-21)17(22)18-14-6-4-3-5-7-14/h8-11,14H,3-7H2,1-2H3,(H,18,22). The fourth-order valence-electron chi connectivity index (χ4n) is 3.08.